The molecular weight excluding hydrogens is 487 g/mol. The van der Waals surface area contributed by atoms with Crippen molar-refractivity contribution in [3.63, 3.8) is 0 Å². The molecule has 2 atom stereocenters. The van der Waals surface area contributed by atoms with Gasteiger partial charge in [-0.15, -0.1) is 0 Å². The maximum absolute atomic E-state index is 12.3. The quantitative estimate of drug-likeness (QED) is 0.320. The van der Waals surface area contributed by atoms with E-state index in [1.165, 1.54) is 22.6 Å². The Morgan fingerprint density at radius 2 is 1.72 bits per heavy atom. The molecule has 1 heterocycles. The van der Waals surface area contributed by atoms with Crippen molar-refractivity contribution >= 4 is 32.3 Å². The lowest BCUT2D eigenvalue weighted by molar-refractivity contribution is -0.117. The third kappa shape index (κ3) is 5.88. The maximum Gasteiger partial charge on any atom is 0.290 e. The van der Waals surface area contributed by atoms with Crippen molar-refractivity contribution < 1.29 is 24.3 Å². The highest BCUT2D eigenvalue weighted by atomic mass is 127. The van der Waals surface area contributed by atoms with Crippen molar-refractivity contribution in [2.24, 2.45) is 0 Å². The molecule has 2 unspecified atom stereocenters. The molecule has 3 N–H and O–H groups in total. The van der Waals surface area contributed by atoms with Gasteiger partial charge in [0.25, 0.3) is 11.8 Å². The van der Waals surface area contributed by atoms with E-state index >= 15 is 0 Å². The third-order valence-electron chi connectivity index (χ3n) is 4.37. The Kier molecular flexibility index (Phi) is 6.99. The standard InChI is InChI=1S/C21H19IN2O5/c22-20(27)17(25)11-16(23-21(28)18-12-19(26)24-29-18)10-13-6-8-15(9-7-13)14-4-2-1-3-5-14/h1-9,12,16-17,25H,10-11H2,(H,23,28)(H,24,26). The molecular formula is C21H19IN2O5. The Balaban J connectivity index is 1.73. The molecule has 1 amide bonds. The number of hydrogen-bond donors (Lipinski definition) is 3. The van der Waals surface area contributed by atoms with E-state index in [0.29, 0.717) is 6.42 Å². The van der Waals surface area contributed by atoms with Gasteiger partial charge in [0.15, 0.2) is 0 Å². The zero-order chi connectivity index (χ0) is 20.8. The van der Waals surface area contributed by atoms with Crippen molar-refractivity contribution in [2.75, 3.05) is 0 Å². The third-order valence-corrected chi connectivity index (χ3v) is 5.09. The predicted octanol–water partition coefficient (Wildman–Crippen LogP) is 3.10. The fraction of sp³-hybridized carbons (Fsp3) is 0.190. The lowest BCUT2D eigenvalue weighted by Gasteiger charge is -2.20. The Morgan fingerprint density at radius 3 is 2.31 bits per heavy atom. The number of benzene rings is 2. The summed E-state index contributed by atoms with van der Waals surface area (Å²) in [5, 5.41) is 25.2. The van der Waals surface area contributed by atoms with Crippen LogP contribution in [0.2, 0.25) is 0 Å². The average Bonchev–Trinajstić information content (AvgIpc) is 3.15. The lowest BCUT2D eigenvalue weighted by Crippen LogP contribution is -2.39. The minimum absolute atomic E-state index is 0.0497. The van der Waals surface area contributed by atoms with Gasteiger partial charge in [0.2, 0.25) is 9.55 Å². The molecule has 29 heavy (non-hydrogen) atoms. The summed E-state index contributed by atoms with van der Waals surface area (Å²) in [5.41, 5.74) is 3.10. The van der Waals surface area contributed by atoms with Crippen molar-refractivity contribution in [3.8, 4) is 17.0 Å². The van der Waals surface area contributed by atoms with Gasteiger partial charge in [-0.1, -0.05) is 54.6 Å². The molecule has 0 radical (unpaired) electrons. The number of carbonyl (C=O) groups excluding carboxylic acids is 2. The molecule has 0 saturated heterocycles. The molecule has 0 fully saturated rings. The molecule has 0 aliphatic heterocycles. The van der Waals surface area contributed by atoms with Gasteiger partial charge in [-0.2, -0.15) is 0 Å². The van der Waals surface area contributed by atoms with Crippen molar-refractivity contribution in [1.82, 2.24) is 10.5 Å². The van der Waals surface area contributed by atoms with Gasteiger partial charge in [0, 0.05) is 35.1 Å². The summed E-state index contributed by atoms with van der Waals surface area (Å²) < 4.78 is 4.35. The van der Waals surface area contributed by atoms with Gasteiger partial charge >= 0.3 is 0 Å². The molecule has 7 nitrogen and oxygen atoms in total. The average molecular weight is 506 g/mol. The molecule has 2 aromatic carbocycles. The highest BCUT2D eigenvalue weighted by molar-refractivity contribution is 14.1. The number of aliphatic hydroxyl groups is 1. The summed E-state index contributed by atoms with van der Waals surface area (Å²) >= 11 is 1.53. The van der Waals surface area contributed by atoms with Crippen molar-refractivity contribution in [1.29, 1.82) is 0 Å². The number of rotatable bonds is 8. The summed E-state index contributed by atoms with van der Waals surface area (Å²) in [7, 11) is 0. The van der Waals surface area contributed by atoms with Crippen molar-refractivity contribution in [3.05, 3.63) is 72.0 Å². The summed E-state index contributed by atoms with van der Waals surface area (Å²) in [6, 6.07) is 18.4. The van der Waals surface area contributed by atoms with Crippen LogP contribution in [0.25, 0.3) is 11.1 Å². The topological polar surface area (TPSA) is 113 Å². The molecule has 0 saturated carbocycles. The predicted molar refractivity (Wildman–Crippen MR) is 115 cm³/mol. The van der Waals surface area contributed by atoms with Gasteiger partial charge in [-0.25, -0.2) is 0 Å². The van der Waals surface area contributed by atoms with Crippen LogP contribution < -0.4 is 5.32 Å². The molecule has 0 aliphatic rings. The normalized spacial score (nSPS) is 12.9. The summed E-state index contributed by atoms with van der Waals surface area (Å²) in [6.07, 6.45) is -0.747. The molecule has 0 spiro atoms. The minimum Gasteiger partial charge on any atom is -0.491 e. The minimum atomic E-state index is -1.20. The van der Waals surface area contributed by atoms with E-state index in [4.69, 9.17) is 4.52 Å². The zero-order valence-corrected chi connectivity index (χ0v) is 17.4. The number of hydrogen-bond acceptors (Lipinski definition) is 6. The number of amides is 1. The number of aromatic hydroxyl groups is 1. The monoisotopic (exact) mass is 506 g/mol. The summed E-state index contributed by atoms with van der Waals surface area (Å²) in [4.78, 5) is 23.8. The second-order valence-corrected chi connectivity index (χ2v) is 7.61. The van der Waals surface area contributed by atoms with E-state index < -0.39 is 27.7 Å². The fourth-order valence-electron chi connectivity index (χ4n) is 2.93. The van der Waals surface area contributed by atoms with E-state index in [0.717, 1.165) is 22.8 Å². The zero-order valence-electron chi connectivity index (χ0n) is 15.3. The largest absolute Gasteiger partial charge is 0.491 e. The number of aliphatic hydroxyl groups excluding tert-OH is 1. The molecule has 150 valence electrons. The number of aromatic nitrogens is 1. The number of nitrogens with one attached hydrogen (secondary N) is 1. The molecule has 1 aromatic heterocycles. The van der Waals surface area contributed by atoms with Gasteiger partial charge in [0.1, 0.15) is 6.10 Å². The Labute approximate surface area is 180 Å². The first-order valence-electron chi connectivity index (χ1n) is 8.90. The van der Waals surface area contributed by atoms with E-state index in [9.17, 15) is 19.8 Å². The van der Waals surface area contributed by atoms with Crippen molar-refractivity contribution in [2.45, 2.75) is 25.0 Å². The van der Waals surface area contributed by atoms with E-state index in [1.807, 2.05) is 54.6 Å². The highest BCUT2D eigenvalue weighted by Gasteiger charge is 2.23. The first-order chi connectivity index (χ1) is 13.9. The smallest absolute Gasteiger partial charge is 0.290 e. The Hall–Kier alpha value is -2.72. The molecule has 3 aromatic rings. The summed E-state index contributed by atoms with van der Waals surface area (Å²) in [5.74, 6) is -1.13. The number of halogens is 1. The SMILES string of the molecule is O=C(NC(Cc1ccc(-c2ccccc2)cc1)CC(O)C(=O)I)c1cc(O)no1. The van der Waals surface area contributed by atoms with Crippen LogP contribution in [-0.4, -0.2) is 37.2 Å². The molecule has 3 rings (SSSR count). The second kappa shape index (κ2) is 9.66. The van der Waals surface area contributed by atoms with Gasteiger partial charge in [-0.3, -0.25) is 9.59 Å². The van der Waals surface area contributed by atoms with Crippen LogP contribution in [0.5, 0.6) is 5.88 Å². The van der Waals surface area contributed by atoms with Crippen LogP contribution in [-0.2, 0) is 11.2 Å². The van der Waals surface area contributed by atoms with Crippen LogP contribution in [0, 0.1) is 0 Å². The summed E-state index contributed by atoms with van der Waals surface area (Å²) in [6.45, 7) is 0. The Morgan fingerprint density at radius 1 is 1.07 bits per heavy atom. The van der Waals surface area contributed by atoms with E-state index in [2.05, 4.69) is 10.5 Å². The van der Waals surface area contributed by atoms with Crippen LogP contribution >= 0.6 is 22.6 Å². The van der Waals surface area contributed by atoms with Gasteiger partial charge in [-0.05, 0) is 28.3 Å². The van der Waals surface area contributed by atoms with Crippen LogP contribution in [0.1, 0.15) is 22.5 Å². The number of nitrogens with zero attached hydrogens (tertiary/aromatic N) is 1. The van der Waals surface area contributed by atoms with Crippen LogP contribution in [0.15, 0.2) is 65.2 Å². The van der Waals surface area contributed by atoms with Crippen LogP contribution in [0.4, 0.5) is 0 Å². The molecule has 0 aliphatic carbocycles. The van der Waals surface area contributed by atoms with Gasteiger partial charge < -0.3 is 20.1 Å². The lowest BCUT2D eigenvalue weighted by atomic mass is 9.98. The first kappa shape index (κ1) is 21.0. The second-order valence-electron chi connectivity index (χ2n) is 6.54. The first-order valence-corrected chi connectivity index (χ1v) is 9.98. The Bertz CT molecular complexity index is 972. The van der Waals surface area contributed by atoms with Gasteiger partial charge in [0.05, 0.1) is 6.07 Å². The van der Waals surface area contributed by atoms with E-state index in [-0.39, 0.29) is 12.2 Å². The maximum atomic E-state index is 12.3. The fourth-order valence-corrected chi connectivity index (χ4v) is 3.19. The van der Waals surface area contributed by atoms with E-state index in [1.54, 1.807) is 0 Å². The van der Waals surface area contributed by atoms with Crippen LogP contribution in [0.3, 0.4) is 0 Å². The molecule has 0 bridgehead atoms. The number of carbonyl (C=O) groups is 2. The highest BCUT2D eigenvalue weighted by Crippen LogP contribution is 2.20. The molecule has 8 heteroatoms.